The predicted octanol–water partition coefficient (Wildman–Crippen LogP) is 13.7. The fraction of sp³-hybridized carbons (Fsp3) is 0.510. The highest BCUT2D eigenvalue weighted by Gasteiger charge is 2.25. The van der Waals surface area contributed by atoms with Gasteiger partial charge in [-0.25, -0.2) is 4.57 Å². The molecule has 0 radical (unpaired) electrons. The van der Waals surface area contributed by atoms with Gasteiger partial charge >= 0.3 is 13.8 Å². The summed E-state index contributed by atoms with van der Waals surface area (Å²) in [6, 6.07) is 0. The van der Waals surface area contributed by atoms with Crippen molar-refractivity contribution < 1.29 is 32.8 Å². The number of unbranched alkanes of at least 4 members (excludes halogenated alkanes) is 3. The Hall–Kier alpha value is -3.62. The highest BCUT2D eigenvalue weighted by molar-refractivity contribution is 7.47. The summed E-state index contributed by atoms with van der Waals surface area (Å²) in [4.78, 5) is 22.5. The molecule has 0 heterocycles. The van der Waals surface area contributed by atoms with Crippen molar-refractivity contribution in [3.63, 3.8) is 0 Å². The van der Waals surface area contributed by atoms with Crippen LogP contribution in [0, 0.1) is 0 Å². The fourth-order valence-electron chi connectivity index (χ4n) is 5.07. The Kier molecular flexibility index (Phi) is 43.6. The van der Waals surface area contributed by atoms with E-state index in [9.17, 15) is 14.3 Å². The van der Waals surface area contributed by atoms with E-state index in [1.165, 1.54) is 0 Å². The van der Waals surface area contributed by atoms with Crippen molar-refractivity contribution in [1.29, 1.82) is 0 Å². The maximum Gasteiger partial charge on any atom is 0.472 e. The lowest BCUT2D eigenvalue weighted by Gasteiger charge is -2.20. The van der Waals surface area contributed by atoms with E-state index >= 15 is 0 Å². The third-order valence-electron chi connectivity index (χ3n) is 8.25. The van der Waals surface area contributed by atoms with Crippen molar-refractivity contribution in [3.05, 3.63) is 146 Å². The van der Waals surface area contributed by atoms with Crippen LogP contribution in [0.25, 0.3) is 0 Å². The maximum atomic E-state index is 12.6. The van der Waals surface area contributed by atoms with Gasteiger partial charge < -0.3 is 20.1 Å². The van der Waals surface area contributed by atoms with E-state index in [4.69, 9.17) is 24.3 Å². The minimum atomic E-state index is -4.32. The number of esters is 1. The van der Waals surface area contributed by atoms with E-state index in [0.717, 1.165) is 103 Å². The molecular weight excluding hydrogens is 770 g/mol. The molecule has 0 aromatic heterocycles. The third kappa shape index (κ3) is 45.5. The molecule has 0 aliphatic rings. The molecule has 0 aliphatic carbocycles. The summed E-state index contributed by atoms with van der Waals surface area (Å²) in [6.45, 7) is 4.44. The second-order valence-electron chi connectivity index (χ2n) is 13.8. The van der Waals surface area contributed by atoms with Gasteiger partial charge in [-0.15, -0.1) is 0 Å². The summed E-state index contributed by atoms with van der Waals surface area (Å²) in [7, 11) is -4.32. The van der Waals surface area contributed by atoms with Gasteiger partial charge in [-0.3, -0.25) is 13.8 Å². The zero-order chi connectivity index (χ0) is 43.7. The van der Waals surface area contributed by atoms with Crippen LogP contribution in [0.1, 0.15) is 129 Å². The lowest BCUT2D eigenvalue weighted by atomic mass is 10.2. The highest BCUT2D eigenvalue weighted by Crippen LogP contribution is 2.43. The van der Waals surface area contributed by atoms with E-state index in [-0.39, 0.29) is 32.8 Å². The van der Waals surface area contributed by atoms with E-state index in [2.05, 4.69) is 160 Å². The Morgan fingerprint density at radius 2 is 0.867 bits per heavy atom. The van der Waals surface area contributed by atoms with Crippen LogP contribution in [-0.2, 0) is 27.9 Å². The number of ether oxygens (including phenoxy) is 2. The number of hydrogen-bond acceptors (Lipinski definition) is 7. The normalized spacial score (nSPS) is 14.8. The summed E-state index contributed by atoms with van der Waals surface area (Å²) in [6.07, 6.45) is 67.4. The Bertz CT molecular complexity index is 1410. The SMILES string of the molecule is CC/C=C\C/C=C\C/C=C\C/C=C\C/C=C\C/C=C\C/C=C\CCCCOCC(COP(=O)(O)OCCN)OC(=O)CCC/C=C\C/C=C\C/C=C\C/C=C\C/C=C\CC. The first-order valence-corrected chi connectivity index (χ1v) is 23.8. The third-order valence-corrected chi connectivity index (χ3v) is 9.24. The monoisotopic (exact) mass is 850 g/mol. The number of carbonyl (C=O) groups is 1. The Morgan fingerprint density at radius 1 is 0.500 bits per heavy atom. The first-order valence-electron chi connectivity index (χ1n) is 22.3. The lowest BCUT2D eigenvalue weighted by molar-refractivity contribution is -0.154. The lowest BCUT2D eigenvalue weighted by Crippen LogP contribution is -2.28. The van der Waals surface area contributed by atoms with Gasteiger partial charge in [0.05, 0.1) is 19.8 Å². The second kappa shape index (κ2) is 46.4. The molecule has 0 aliphatic heterocycles. The van der Waals surface area contributed by atoms with Crippen molar-refractivity contribution in [2.45, 2.75) is 136 Å². The van der Waals surface area contributed by atoms with Crippen molar-refractivity contribution in [2.75, 3.05) is 33.0 Å². The molecule has 0 bridgehead atoms. The van der Waals surface area contributed by atoms with Gasteiger partial charge in [0.1, 0.15) is 6.10 Å². The van der Waals surface area contributed by atoms with Gasteiger partial charge in [0, 0.05) is 19.6 Å². The molecule has 0 rings (SSSR count). The van der Waals surface area contributed by atoms with Gasteiger partial charge in [0.25, 0.3) is 0 Å². The van der Waals surface area contributed by atoms with Gasteiger partial charge in [-0.05, 0) is 109 Å². The second-order valence-corrected chi connectivity index (χ2v) is 15.2. The van der Waals surface area contributed by atoms with Gasteiger partial charge in [-0.1, -0.05) is 160 Å². The molecular formula is C51H80NO7P. The van der Waals surface area contributed by atoms with Crippen LogP contribution in [-0.4, -0.2) is 49.9 Å². The molecule has 0 spiro atoms. The van der Waals surface area contributed by atoms with Crippen molar-refractivity contribution in [3.8, 4) is 0 Å². The number of carbonyl (C=O) groups excluding carboxylic acids is 1. The smallest absolute Gasteiger partial charge is 0.457 e. The average molecular weight is 850 g/mol. The van der Waals surface area contributed by atoms with E-state index in [1.54, 1.807) is 0 Å². The molecule has 0 aromatic carbocycles. The van der Waals surface area contributed by atoms with Crippen LogP contribution in [0.2, 0.25) is 0 Å². The molecule has 0 amide bonds. The van der Waals surface area contributed by atoms with E-state index in [0.29, 0.717) is 13.0 Å². The largest absolute Gasteiger partial charge is 0.472 e. The Labute approximate surface area is 365 Å². The fourth-order valence-corrected chi connectivity index (χ4v) is 5.83. The Morgan fingerprint density at radius 3 is 1.25 bits per heavy atom. The molecule has 0 saturated heterocycles. The number of allylic oxidation sites excluding steroid dienone is 24. The minimum Gasteiger partial charge on any atom is -0.457 e. The predicted molar refractivity (Wildman–Crippen MR) is 256 cm³/mol. The van der Waals surface area contributed by atoms with Crippen LogP contribution in [0.5, 0.6) is 0 Å². The molecule has 9 heteroatoms. The topological polar surface area (TPSA) is 117 Å². The molecule has 2 unspecified atom stereocenters. The van der Waals surface area contributed by atoms with Crippen LogP contribution in [0.4, 0.5) is 0 Å². The highest BCUT2D eigenvalue weighted by atomic mass is 31.2. The van der Waals surface area contributed by atoms with Gasteiger partial charge in [0.15, 0.2) is 0 Å². The molecule has 0 aromatic rings. The zero-order valence-electron chi connectivity index (χ0n) is 37.1. The van der Waals surface area contributed by atoms with Gasteiger partial charge in [0.2, 0.25) is 0 Å². The molecule has 3 N–H and O–H groups in total. The van der Waals surface area contributed by atoms with Crippen molar-refractivity contribution in [2.24, 2.45) is 5.73 Å². The summed E-state index contributed by atoms with van der Waals surface area (Å²) in [5, 5.41) is 0. The van der Waals surface area contributed by atoms with Gasteiger partial charge in [-0.2, -0.15) is 0 Å². The number of nitrogens with two attached hydrogens (primary N) is 1. The van der Waals surface area contributed by atoms with E-state index in [1.807, 2.05) is 0 Å². The van der Waals surface area contributed by atoms with Crippen molar-refractivity contribution >= 4 is 13.8 Å². The van der Waals surface area contributed by atoms with Crippen LogP contribution >= 0.6 is 7.82 Å². The number of hydrogen-bond donors (Lipinski definition) is 2. The summed E-state index contributed by atoms with van der Waals surface area (Å²) < 4.78 is 33.3. The molecule has 2 atom stereocenters. The summed E-state index contributed by atoms with van der Waals surface area (Å²) in [5.74, 6) is -0.410. The molecule has 8 nitrogen and oxygen atoms in total. The zero-order valence-corrected chi connectivity index (χ0v) is 38.0. The minimum absolute atomic E-state index is 0.0515. The maximum absolute atomic E-state index is 12.6. The first kappa shape index (κ1) is 56.4. The first-order chi connectivity index (χ1) is 29.4. The molecule has 0 saturated carbocycles. The summed E-state index contributed by atoms with van der Waals surface area (Å²) >= 11 is 0. The van der Waals surface area contributed by atoms with Crippen LogP contribution < -0.4 is 5.73 Å². The van der Waals surface area contributed by atoms with E-state index < -0.39 is 19.9 Å². The quantitative estimate of drug-likeness (QED) is 0.0271. The average Bonchev–Trinajstić information content (AvgIpc) is 3.24. The Balaban J connectivity index is 4.25. The van der Waals surface area contributed by atoms with Crippen LogP contribution in [0.3, 0.4) is 0 Å². The molecule has 336 valence electrons. The number of phosphoric acid groups is 1. The molecule has 0 fully saturated rings. The summed E-state index contributed by atoms with van der Waals surface area (Å²) in [5.41, 5.74) is 5.36. The molecule has 60 heavy (non-hydrogen) atoms. The number of phosphoric ester groups is 1. The number of rotatable bonds is 40. The van der Waals surface area contributed by atoms with Crippen molar-refractivity contribution in [1.82, 2.24) is 0 Å². The van der Waals surface area contributed by atoms with Crippen LogP contribution in [0.15, 0.2) is 146 Å². The standard InChI is InChI=1S/C51H80NO7P/c1-3-5-7-9-11-13-15-17-19-21-22-23-24-25-26-27-29-31-33-35-37-39-41-43-46-56-48-50(49-58-60(54,55)57-47-45-52)59-51(53)44-42-40-38-36-34-32-30-28-20-18-16-14-12-10-8-6-4-2/h5-8,11-14,17-20,22-23,25-26,29-32,35-38,50H,3-4,9-10,15-16,21,24,27-28,33-34,39-49,52H2,1-2H3,(H,54,55)/b7-5-,8-6-,13-11-,14-12-,19-17-,20-18-,23-22-,26-25-,31-29-,32-30-,37-35-,38-36-.